The van der Waals surface area contributed by atoms with Crippen molar-refractivity contribution in [1.82, 2.24) is 0 Å². The van der Waals surface area contributed by atoms with Crippen molar-refractivity contribution in [3.05, 3.63) is 60.8 Å². The van der Waals surface area contributed by atoms with Crippen LogP contribution in [-0.2, 0) is 33.3 Å². The SMILES string of the molecule is CC/C=C\C/C=C\C/C=C\C/C=C\CCCCCCCCCCCCCCC(=O)OC(COC(=O)CCCCCCCCCCCCCCCCCCCCC/C=C\CCCCCCCCCC)COC(OCC[N+](C)(C)C)C(=O)[O-]. The summed E-state index contributed by atoms with van der Waals surface area (Å²) in [5, 5.41) is 11.8. The lowest BCUT2D eigenvalue weighted by Crippen LogP contribution is -2.44. The van der Waals surface area contributed by atoms with Crippen LogP contribution in [0.1, 0.15) is 322 Å². The number of hydrogen-bond acceptors (Lipinski definition) is 8. The van der Waals surface area contributed by atoms with Gasteiger partial charge in [-0.2, -0.15) is 0 Å². The van der Waals surface area contributed by atoms with Gasteiger partial charge in [-0.25, -0.2) is 0 Å². The number of nitrogens with zero attached hydrogens (tertiary/aromatic N) is 1. The third-order valence-corrected chi connectivity index (χ3v) is 15.2. The normalized spacial score (nSPS) is 13.0. The van der Waals surface area contributed by atoms with Crippen LogP contribution in [0.3, 0.4) is 0 Å². The zero-order chi connectivity index (χ0) is 59.1. The van der Waals surface area contributed by atoms with Crippen LogP contribution >= 0.6 is 0 Å². The average molecular weight is 1140 g/mol. The van der Waals surface area contributed by atoms with Crippen LogP contribution in [0.25, 0.3) is 0 Å². The van der Waals surface area contributed by atoms with Crippen LogP contribution in [0, 0.1) is 0 Å². The van der Waals surface area contributed by atoms with Gasteiger partial charge in [0.05, 0.1) is 40.3 Å². The highest BCUT2D eigenvalue weighted by atomic mass is 16.7. The van der Waals surface area contributed by atoms with Gasteiger partial charge in [-0.3, -0.25) is 9.59 Å². The molecule has 9 heteroatoms. The Bertz CT molecular complexity index is 1510. The smallest absolute Gasteiger partial charge is 0.306 e. The summed E-state index contributed by atoms with van der Waals surface area (Å²) < 4.78 is 22.8. The number of esters is 2. The van der Waals surface area contributed by atoms with E-state index in [1.54, 1.807) is 0 Å². The number of carboxylic acids is 1. The van der Waals surface area contributed by atoms with E-state index in [4.69, 9.17) is 18.9 Å². The largest absolute Gasteiger partial charge is 0.545 e. The molecule has 2 atom stereocenters. The molecule has 0 fully saturated rings. The summed E-state index contributed by atoms with van der Waals surface area (Å²) in [6, 6.07) is 0. The number of hydrogen-bond donors (Lipinski definition) is 0. The van der Waals surface area contributed by atoms with E-state index < -0.39 is 24.3 Å². The van der Waals surface area contributed by atoms with Crippen molar-refractivity contribution >= 4 is 17.9 Å². The molecule has 0 heterocycles. The van der Waals surface area contributed by atoms with Gasteiger partial charge in [-0.05, 0) is 77.0 Å². The number of carboxylic acid groups (broad SMARTS) is 1. The maximum atomic E-state index is 12.9. The fraction of sp³-hybridized carbons (Fsp3) is 0.819. The molecular formula is C72H131NO8. The van der Waals surface area contributed by atoms with Gasteiger partial charge in [-0.15, -0.1) is 0 Å². The van der Waals surface area contributed by atoms with E-state index in [-0.39, 0.29) is 32.2 Å². The maximum Gasteiger partial charge on any atom is 0.306 e. The van der Waals surface area contributed by atoms with Gasteiger partial charge in [-0.1, -0.05) is 293 Å². The van der Waals surface area contributed by atoms with Gasteiger partial charge in [0.2, 0.25) is 0 Å². The van der Waals surface area contributed by atoms with E-state index in [1.807, 2.05) is 21.1 Å². The summed E-state index contributed by atoms with van der Waals surface area (Å²) in [7, 11) is 5.94. The van der Waals surface area contributed by atoms with Crippen molar-refractivity contribution in [3.63, 3.8) is 0 Å². The Morgan fingerprint density at radius 1 is 0.383 bits per heavy atom. The number of aliphatic carboxylic acids is 1. The fourth-order valence-corrected chi connectivity index (χ4v) is 10.00. The van der Waals surface area contributed by atoms with Gasteiger partial charge in [0.1, 0.15) is 13.2 Å². The Morgan fingerprint density at radius 3 is 1.06 bits per heavy atom. The van der Waals surface area contributed by atoms with Gasteiger partial charge in [0, 0.05) is 12.8 Å². The first-order valence-electron chi connectivity index (χ1n) is 34.4. The topological polar surface area (TPSA) is 111 Å². The molecule has 0 aliphatic rings. The van der Waals surface area contributed by atoms with E-state index in [2.05, 4.69) is 74.6 Å². The molecule has 0 radical (unpaired) electrons. The molecule has 0 rings (SSSR count). The number of carbonyl (C=O) groups excluding carboxylic acids is 3. The molecule has 0 amide bonds. The second kappa shape index (κ2) is 63.0. The second-order valence-electron chi connectivity index (χ2n) is 24.4. The fourth-order valence-electron chi connectivity index (χ4n) is 10.00. The highest BCUT2D eigenvalue weighted by molar-refractivity contribution is 5.70. The first-order valence-corrected chi connectivity index (χ1v) is 34.4. The number of unbranched alkanes of at least 4 members (excludes halogenated alkanes) is 39. The van der Waals surface area contributed by atoms with Gasteiger partial charge >= 0.3 is 11.9 Å². The Kier molecular flexibility index (Phi) is 60.7. The van der Waals surface area contributed by atoms with E-state index in [0.717, 1.165) is 64.2 Å². The Hall–Kier alpha value is -3.01. The molecule has 9 nitrogen and oxygen atoms in total. The van der Waals surface area contributed by atoms with Crippen LogP contribution in [-0.4, -0.2) is 82.3 Å². The summed E-state index contributed by atoms with van der Waals surface area (Å²) in [5.74, 6) is -2.27. The van der Waals surface area contributed by atoms with E-state index in [1.165, 1.54) is 225 Å². The minimum absolute atomic E-state index is 0.147. The predicted molar refractivity (Wildman–Crippen MR) is 343 cm³/mol. The molecule has 0 saturated heterocycles. The third kappa shape index (κ3) is 64.4. The molecule has 0 aromatic carbocycles. The molecule has 0 aliphatic carbocycles. The van der Waals surface area contributed by atoms with Crippen LogP contribution < -0.4 is 5.11 Å². The van der Waals surface area contributed by atoms with Gasteiger partial charge in [0.15, 0.2) is 12.4 Å². The standard InChI is InChI=1S/C72H131NO8/c1-6-8-10-12-14-16-18-20-22-24-26-28-30-32-33-34-35-36-37-39-40-42-44-46-48-50-52-54-56-58-60-62-69(74)79-66-68(67-80-72(71(76)77)78-65-64-73(3,4)5)81-70(75)63-61-59-57-55-53-51-49-47-45-43-41-38-31-29-27-25-23-21-19-17-15-13-11-9-7-2/h9,11,15,17,21,23-24,26-27,29,68,72H,6-8,10,12-14,16,18-20,22,25,28,30-67H2,1-5H3/b11-9-,17-15-,23-21-,26-24-,29-27-. The van der Waals surface area contributed by atoms with Crippen molar-refractivity contribution in [3.8, 4) is 0 Å². The maximum absolute atomic E-state index is 12.9. The summed E-state index contributed by atoms with van der Waals surface area (Å²) in [6.45, 7) is 4.68. The van der Waals surface area contributed by atoms with Crippen molar-refractivity contribution in [1.29, 1.82) is 0 Å². The molecule has 0 N–H and O–H groups in total. The summed E-state index contributed by atoms with van der Waals surface area (Å²) in [4.78, 5) is 37.5. The molecule has 0 spiro atoms. The lowest BCUT2D eigenvalue weighted by atomic mass is 10.0. The van der Waals surface area contributed by atoms with Gasteiger partial charge in [0.25, 0.3) is 0 Å². The third-order valence-electron chi connectivity index (χ3n) is 15.2. The van der Waals surface area contributed by atoms with E-state index in [0.29, 0.717) is 23.9 Å². The van der Waals surface area contributed by atoms with Crippen LogP contribution in [0.2, 0.25) is 0 Å². The highest BCUT2D eigenvalue weighted by Gasteiger charge is 2.22. The van der Waals surface area contributed by atoms with Gasteiger partial charge < -0.3 is 33.3 Å². The van der Waals surface area contributed by atoms with Crippen molar-refractivity contribution in [2.45, 2.75) is 334 Å². The molecule has 0 aliphatic heterocycles. The summed E-state index contributed by atoms with van der Waals surface area (Å²) in [5.41, 5.74) is 0. The predicted octanol–water partition coefficient (Wildman–Crippen LogP) is 19.8. The number of allylic oxidation sites excluding steroid dienone is 10. The van der Waals surface area contributed by atoms with Crippen LogP contribution in [0.5, 0.6) is 0 Å². The molecule has 81 heavy (non-hydrogen) atoms. The van der Waals surface area contributed by atoms with Crippen molar-refractivity contribution < 1.29 is 42.9 Å². The molecule has 2 unspecified atom stereocenters. The first-order chi connectivity index (χ1) is 39.6. The molecule has 0 saturated carbocycles. The molecule has 0 bridgehead atoms. The van der Waals surface area contributed by atoms with Crippen LogP contribution in [0.15, 0.2) is 60.8 Å². The monoisotopic (exact) mass is 1140 g/mol. The minimum Gasteiger partial charge on any atom is -0.545 e. The lowest BCUT2D eigenvalue weighted by molar-refractivity contribution is -0.870. The molecule has 0 aromatic heterocycles. The zero-order valence-electron chi connectivity index (χ0n) is 53.9. The van der Waals surface area contributed by atoms with Crippen LogP contribution in [0.4, 0.5) is 0 Å². The summed E-state index contributed by atoms with van der Waals surface area (Å²) in [6.07, 6.45) is 78.7. The number of rotatable bonds is 64. The number of carbonyl (C=O) groups is 3. The molecule has 472 valence electrons. The van der Waals surface area contributed by atoms with Crippen molar-refractivity contribution in [2.24, 2.45) is 0 Å². The Labute approximate surface area is 501 Å². The second-order valence-corrected chi connectivity index (χ2v) is 24.4. The Morgan fingerprint density at radius 2 is 0.704 bits per heavy atom. The number of quaternary nitrogens is 1. The molecule has 0 aromatic rings. The zero-order valence-corrected chi connectivity index (χ0v) is 53.9. The number of ether oxygens (including phenoxy) is 4. The van der Waals surface area contributed by atoms with E-state index >= 15 is 0 Å². The first kappa shape index (κ1) is 78.0. The quantitative estimate of drug-likeness (QED) is 0.0195. The lowest BCUT2D eigenvalue weighted by Gasteiger charge is -2.26. The number of likely N-dealkylation sites (N-methyl/N-ethyl adjacent to an activating group) is 1. The average Bonchev–Trinajstić information content (AvgIpc) is 3.44. The summed E-state index contributed by atoms with van der Waals surface area (Å²) >= 11 is 0. The van der Waals surface area contributed by atoms with Crippen molar-refractivity contribution in [2.75, 3.05) is 47.5 Å². The molecular weight excluding hydrogens is 1010 g/mol. The Balaban J connectivity index is 4.08. The van der Waals surface area contributed by atoms with E-state index in [9.17, 15) is 19.5 Å². The minimum atomic E-state index is -1.62. The highest BCUT2D eigenvalue weighted by Crippen LogP contribution is 2.18.